The molecule has 0 atom stereocenters. The molecule has 3 aromatic rings. The third kappa shape index (κ3) is 3.01. The van der Waals surface area contributed by atoms with E-state index in [0.29, 0.717) is 29.7 Å². The molecule has 2 aliphatic heterocycles. The highest BCUT2D eigenvalue weighted by Crippen LogP contribution is 2.43. The predicted octanol–water partition coefficient (Wildman–Crippen LogP) is 4.91. The Hall–Kier alpha value is -3.05. The maximum Gasteiger partial charge on any atom is 0.231 e. The second-order valence-electron chi connectivity index (χ2n) is 8.70. The van der Waals surface area contributed by atoms with Crippen molar-refractivity contribution in [3.05, 3.63) is 64.5 Å². The van der Waals surface area contributed by atoms with E-state index in [0.717, 1.165) is 46.4 Å². The molecule has 0 N–H and O–H groups in total. The maximum atomic E-state index is 13.2. The molecule has 0 aliphatic carbocycles. The number of Topliss-reactive ketones (excluding diaryl/α,β-unsaturated/α-hetero) is 1. The van der Waals surface area contributed by atoms with Crippen LogP contribution in [0, 0.1) is 12.8 Å². The van der Waals surface area contributed by atoms with Crippen molar-refractivity contribution >= 4 is 22.8 Å². The third-order valence-electron chi connectivity index (χ3n) is 5.84. The number of carbonyl (C=O) groups is 1. The van der Waals surface area contributed by atoms with Crippen LogP contribution in [0.4, 0.5) is 0 Å². The fraction of sp³-hybridized carbons (Fsp3) is 0.320. The van der Waals surface area contributed by atoms with E-state index in [-0.39, 0.29) is 5.78 Å². The summed E-state index contributed by atoms with van der Waals surface area (Å²) in [5.74, 6) is 2.34. The molecule has 2 aliphatic rings. The number of fused-ring (bicyclic) bond motifs is 3. The highest BCUT2D eigenvalue weighted by atomic mass is 16.5. The average molecular weight is 402 g/mol. The van der Waals surface area contributed by atoms with Crippen molar-refractivity contribution < 1.29 is 14.3 Å². The summed E-state index contributed by atoms with van der Waals surface area (Å²) < 4.78 is 14.2. The summed E-state index contributed by atoms with van der Waals surface area (Å²) in [5, 5.41) is 1.10. The molecule has 0 amide bonds. The normalized spacial score (nSPS) is 17.4. The third-order valence-corrected chi connectivity index (χ3v) is 5.84. The standard InChI is InChI=1S/C25H26N2O3/c1-15(2)11-27-13-18-9-20-23(28)22(30-25(20)16(3)24(18)29-14-27)10-17-12-26(4)21-8-6-5-7-19(17)21/h5-10,12,15H,11,13-14H2,1-4H3/b22-10-. The lowest BCUT2D eigenvalue weighted by atomic mass is 9.99. The quantitative estimate of drug-likeness (QED) is 0.584. The zero-order valence-corrected chi connectivity index (χ0v) is 17.9. The molecule has 1 aromatic heterocycles. The number of hydrogen-bond acceptors (Lipinski definition) is 4. The largest absolute Gasteiger partial charge is 0.477 e. The number of ketones is 1. The molecule has 30 heavy (non-hydrogen) atoms. The minimum atomic E-state index is -0.0650. The first-order chi connectivity index (χ1) is 14.4. The molecule has 0 unspecified atom stereocenters. The first kappa shape index (κ1) is 18.9. The van der Waals surface area contributed by atoms with Gasteiger partial charge in [-0.2, -0.15) is 0 Å². The Balaban J connectivity index is 1.52. The molecule has 154 valence electrons. The summed E-state index contributed by atoms with van der Waals surface area (Å²) in [6, 6.07) is 10.1. The predicted molar refractivity (Wildman–Crippen MR) is 118 cm³/mol. The molecule has 0 spiro atoms. The summed E-state index contributed by atoms with van der Waals surface area (Å²) in [7, 11) is 2.01. The van der Waals surface area contributed by atoms with Crippen LogP contribution in [-0.2, 0) is 13.6 Å². The van der Waals surface area contributed by atoms with Crippen molar-refractivity contribution in [3.8, 4) is 11.5 Å². The highest BCUT2D eigenvalue weighted by Gasteiger charge is 2.33. The molecule has 0 saturated heterocycles. The van der Waals surface area contributed by atoms with Crippen LogP contribution in [0.1, 0.15) is 40.9 Å². The fourth-order valence-electron chi connectivity index (χ4n) is 4.56. The van der Waals surface area contributed by atoms with E-state index >= 15 is 0 Å². The SMILES string of the molecule is Cc1c2c(cc3c1O/C(=C\c1cn(C)c4ccccc14)C3=O)CN(CC(C)C)CO2. The van der Waals surface area contributed by atoms with Gasteiger partial charge < -0.3 is 14.0 Å². The van der Waals surface area contributed by atoms with E-state index in [1.165, 1.54) is 0 Å². The van der Waals surface area contributed by atoms with E-state index < -0.39 is 0 Å². The molecule has 0 fully saturated rings. The van der Waals surface area contributed by atoms with Gasteiger partial charge in [0.2, 0.25) is 5.78 Å². The molecule has 2 aromatic carbocycles. The smallest absolute Gasteiger partial charge is 0.231 e. The summed E-state index contributed by atoms with van der Waals surface area (Å²) in [6.45, 7) is 8.70. The van der Waals surface area contributed by atoms with Crippen molar-refractivity contribution in [3.63, 3.8) is 0 Å². The van der Waals surface area contributed by atoms with Crippen LogP contribution in [0.5, 0.6) is 11.5 Å². The van der Waals surface area contributed by atoms with Gasteiger partial charge in [-0.3, -0.25) is 9.69 Å². The van der Waals surface area contributed by atoms with Gasteiger partial charge in [-0.25, -0.2) is 0 Å². The Labute approximate surface area is 176 Å². The lowest BCUT2D eigenvalue weighted by Crippen LogP contribution is -2.35. The van der Waals surface area contributed by atoms with Gasteiger partial charge in [0.15, 0.2) is 5.76 Å². The van der Waals surface area contributed by atoms with E-state index in [1.54, 1.807) is 0 Å². The number of hydrogen-bond donors (Lipinski definition) is 0. The molecule has 5 nitrogen and oxygen atoms in total. The summed E-state index contributed by atoms with van der Waals surface area (Å²) in [5.41, 5.74) is 4.69. The van der Waals surface area contributed by atoms with Gasteiger partial charge in [0.1, 0.15) is 18.2 Å². The summed E-state index contributed by atoms with van der Waals surface area (Å²) in [6.07, 6.45) is 3.89. The van der Waals surface area contributed by atoms with Crippen molar-refractivity contribution in [1.29, 1.82) is 0 Å². The van der Waals surface area contributed by atoms with Gasteiger partial charge in [-0.1, -0.05) is 32.0 Å². The number of nitrogens with zero attached hydrogens (tertiary/aromatic N) is 2. The Bertz CT molecular complexity index is 1200. The summed E-state index contributed by atoms with van der Waals surface area (Å²) >= 11 is 0. The van der Waals surface area contributed by atoms with E-state index in [4.69, 9.17) is 9.47 Å². The van der Waals surface area contributed by atoms with E-state index in [9.17, 15) is 4.79 Å². The molecule has 0 radical (unpaired) electrons. The van der Waals surface area contributed by atoms with Gasteiger partial charge in [-0.15, -0.1) is 0 Å². The van der Waals surface area contributed by atoms with Crippen LogP contribution in [-0.4, -0.2) is 28.5 Å². The van der Waals surface area contributed by atoms with Gasteiger partial charge in [-0.05, 0) is 31.1 Å². The van der Waals surface area contributed by atoms with Gasteiger partial charge in [0.05, 0.1) is 5.56 Å². The number of allylic oxidation sites excluding steroid dienone is 1. The minimum Gasteiger partial charge on any atom is -0.477 e. The summed E-state index contributed by atoms with van der Waals surface area (Å²) in [4.78, 5) is 15.5. The maximum absolute atomic E-state index is 13.2. The number of aromatic nitrogens is 1. The van der Waals surface area contributed by atoms with Crippen LogP contribution in [0.25, 0.3) is 17.0 Å². The molecule has 0 bridgehead atoms. The Morgan fingerprint density at radius 2 is 2.00 bits per heavy atom. The topological polar surface area (TPSA) is 43.7 Å². The monoisotopic (exact) mass is 402 g/mol. The Morgan fingerprint density at radius 1 is 1.20 bits per heavy atom. The Morgan fingerprint density at radius 3 is 2.80 bits per heavy atom. The van der Waals surface area contributed by atoms with Crippen molar-refractivity contribution in [2.75, 3.05) is 13.3 Å². The number of carbonyl (C=O) groups excluding carboxylic acids is 1. The number of benzene rings is 2. The molecular weight excluding hydrogens is 376 g/mol. The lowest BCUT2D eigenvalue weighted by molar-refractivity contribution is 0.0835. The second-order valence-corrected chi connectivity index (χ2v) is 8.70. The number of rotatable bonds is 3. The van der Waals surface area contributed by atoms with Crippen LogP contribution in [0.3, 0.4) is 0 Å². The number of para-hydroxylation sites is 1. The van der Waals surface area contributed by atoms with Crippen molar-refractivity contribution in [2.45, 2.75) is 27.3 Å². The van der Waals surface area contributed by atoms with Gasteiger partial charge in [0.25, 0.3) is 0 Å². The van der Waals surface area contributed by atoms with Crippen molar-refractivity contribution in [2.24, 2.45) is 13.0 Å². The number of aryl methyl sites for hydroxylation is 1. The Kier molecular flexibility index (Phi) is 4.44. The molecule has 5 heteroatoms. The fourth-order valence-corrected chi connectivity index (χ4v) is 4.56. The van der Waals surface area contributed by atoms with Crippen LogP contribution in [0.2, 0.25) is 0 Å². The van der Waals surface area contributed by atoms with E-state index in [1.807, 2.05) is 44.4 Å². The first-order valence-corrected chi connectivity index (χ1v) is 10.4. The molecule has 0 saturated carbocycles. The van der Waals surface area contributed by atoms with Gasteiger partial charge in [0, 0.05) is 53.9 Å². The van der Waals surface area contributed by atoms with E-state index in [2.05, 4.69) is 35.4 Å². The van der Waals surface area contributed by atoms with Crippen LogP contribution < -0.4 is 9.47 Å². The second kappa shape index (κ2) is 7.03. The van der Waals surface area contributed by atoms with Crippen molar-refractivity contribution in [1.82, 2.24) is 9.47 Å². The molecule has 3 heterocycles. The van der Waals surface area contributed by atoms with Gasteiger partial charge >= 0.3 is 0 Å². The average Bonchev–Trinajstić information content (AvgIpc) is 3.20. The molecule has 5 rings (SSSR count). The van der Waals surface area contributed by atoms with Crippen LogP contribution in [0.15, 0.2) is 42.3 Å². The molecular formula is C25H26N2O3. The zero-order valence-electron chi connectivity index (χ0n) is 17.9. The first-order valence-electron chi connectivity index (χ1n) is 10.4. The highest BCUT2D eigenvalue weighted by molar-refractivity contribution is 6.15. The lowest BCUT2D eigenvalue weighted by Gasteiger charge is -2.31. The minimum absolute atomic E-state index is 0.0650. The zero-order chi connectivity index (χ0) is 21.0. The van der Waals surface area contributed by atoms with Crippen LogP contribution >= 0.6 is 0 Å². The number of ether oxygens (including phenoxy) is 2.